The van der Waals surface area contributed by atoms with Crippen molar-refractivity contribution in [1.82, 2.24) is 0 Å². The zero-order valence-electron chi connectivity index (χ0n) is 16.1. The number of aromatic hydroxyl groups is 1. The lowest BCUT2D eigenvalue weighted by Crippen LogP contribution is -2.21. The van der Waals surface area contributed by atoms with Gasteiger partial charge in [0.2, 0.25) is 12.6 Å². The molecule has 1 aromatic rings. The Morgan fingerprint density at radius 3 is 1.29 bits per heavy atom. The average Bonchev–Trinajstić information content (AvgIpc) is 2.67. The van der Waals surface area contributed by atoms with E-state index in [2.05, 4.69) is 0 Å². The smallest absolute Gasteiger partial charge is 0.324 e. The third kappa shape index (κ3) is 13.4. The van der Waals surface area contributed by atoms with Gasteiger partial charge < -0.3 is 5.11 Å². The zero-order valence-corrected chi connectivity index (χ0v) is 16.1. The summed E-state index contributed by atoms with van der Waals surface area (Å²) in [5, 5.41) is 68.8. The van der Waals surface area contributed by atoms with Crippen LogP contribution in [0, 0.1) is 60.7 Å². The molecule has 0 radical (unpaired) electrons. The van der Waals surface area contributed by atoms with Gasteiger partial charge in [-0.15, -0.1) is 0 Å². The molecule has 22 nitrogen and oxygen atoms in total. The van der Waals surface area contributed by atoms with Gasteiger partial charge in [-0.1, -0.05) is 7.43 Å². The van der Waals surface area contributed by atoms with Crippen LogP contribution in [0.1, 0.15) is 7.43 Å². The molecule has 0 atom stereocenters. The number of rotatable bonds is 10. The van der Waals surface area contributed by atoms with Crippen LogP contribution in [0.3, 0.4) is 0 Å². The average molecular weight is 510 g/mol. The highest BCUT2D eigenvalue weighted by Crippen LogP contribution is 2.38. The van der Waals surface area contributed by atoms with Crippen molar-refractivity contribution in [3.63, 3.8) is 0 Å². The minimum absolute atomic E-state index is 0. The molecule has 0 saturated heterocycles. The van der Waals surface area contributed by atoms with E-state index in [-0.39, 0.29) is 20.0 Å². The number of phenolic OH excluding ortho intramolecular Hbond substituents is 1. The van der Waals surface area contributed by atoms with Crippen LogP contribution in [0.2, 0.25) is 0 Å². The number of phenols is 1. The number of ketones is 1. The molecule has 0 unspecified atom stereocenters. The van der Waals surface area contributed by atoms with Crippen molar-refractivity contribution in [3.05, 3.63) is 72.8 Å². The number of hydrogen-bond donors (Lipinski definition) is 1. The van der Waals surface area contributed by atoms with E-state index in [0.29, 0.717) is 12.1 Å². The first-order valence-electron chi connectivity index (χ1n) is 7.68. The molecule has 1 rings (SSSR count). The molecule has 192 valence electrons. The molecular weight excluding hydrogens is 496 g/mol. The van der Waals surface area contributed by atoms with Gasteiger partial charge in [-0.25, -0.2) is 0 Å². The van der Waals surface area contributed by atoms with Crippen LogP contribution in [-0.4, -0.2) is 72.1 Å². The highest BCUT2D eigenvalue weighted by atomic mass is 16.6. The summed E-state index contributed by atoms with van der Waals surface area (Å²) in [7, 11) is 0. The molecule has 22 heteroatoms. The maximum absolute atomic E-state index is 10.4. The second-order valence-corrected chi connectivity index (χ2v) is 5.17. The Labute approximate surface area is 190 Å². The molecular formula is C13H14N6O16. The third-order valence-corrected chi connectivity index (χ3v) is 2.79. The van der Waals surface area contributed by atoms with Crippen LogP contribution in [0.15, 0.2) is 12.1 Å². The molecule has 0 aliphatic carbocycles. The Kier molecular flexibility index (Phi) is 15.7. The van der Waals surface area contributed by atoms with Crippen molar-refractivity contribution in [2.75, 3.05) is 13.1 Å². The maximum Gasteiger partial charge on any atom is 0.324 e. The molecule has 0 fully saturated rings. The maximum atomic E-state index is 10.4. The van der Waals surface area contributed by atoms with Crippen molar-refractivity contribution in [2.24, 2.45) is 0 Å². The van der Waals surface area contributed by atoms with E-state index < -0.39 is 77.3 Å². The summed E-state index contributed by atoms with van der Waals surface area (Å²) in [6.45, 7) is -1.94. The Hall–Kier alpha value is -5.57. The number of nitro benzene ring substituents is 3. The van der Waals surface area contributed by atoms with Crippen LogP contribution in [-0.2, 0) is 14.4 Å². The lowest BCUT2D eigenvalue weighted by atomic mass is 10.2. The second-order valence-electron chi connectivity index (χ2n) is 5.17. The second kappa shape index (κ2) is 16.1. The third-order valence-electron chi connectivity index (χ3n) is 2.79. The fraction of sp³-hybridized carbons (Fsp3) is 0.308. The van der Waals surface area contributed by atoms with Gasteiger partial charge in [0.05, 0.1) is 26.9 Å². The molecule has 35 heavy (non-hydrogen) atoms. The van der Waals surface area contributed by atoms with E-state index in [4.69, 9.17) is 5.11 Å². The number of nitro groups is 6. The van der Waals surface area contributed by atoms with Gasteiger partial charge in [0.15, 0.2) is 0 Å². The van der Waals surface area contributed by atoms with Gasteiger partial charge >= 0.3 is 17.4 Å². The van der Waals surface area contributed by atoms with Gasteiger partial charge in [-0.05, 0) is 0 Å². The van der Waals surface area contributed by atoms with Gasteiger partial charge in [-0.2, -0.15) is 0 Å². The van der Waals surface area contributed by atoms with Crippen molar-refractivity contribution >= 4 is 35.4 Å². The first-order valence-corrected chi connectivity index (χ1v) is 7.68. The lowest BCUT2D eigenvalue weighted by molar-refractivity contribution is -0.489. The minimum atomic E-state index is -1.69. The molecule has 0 aliphatic rings. The van der Waals surface area contributed by atoms with Gasteiger partial charge in [-0.3, -0.25) is 75.1 Å². The fourth-order valence-corrected chi connectivity index (χ4v) is 1.44. The monoisotopic (exact) mass is 510 g/mol. The summed E-state index contributed by atoms with van der Waals surface area (Å²) in [5.41, 5.74) is -3.00. The van der Waals surface area contributed by atoms with Crippen LogP contribution >= 0.6 is 0 Å². The van der Waals surface area contributed by atoms with Crippen molar-refractivity contribution in [3.8, 4) is 5.75 Å². The number of nitrogens with zero attached hydrogens (tertiary/aromatic N) is 6. The number of Topliss-reactive ketones (excluding diaryl/α,β-unsaturated/α-hetero) is 1. The summed E-state index contributed by atoms with van der Waals surface area (Å²) >= 11 is 0. The number of carbonyl (C=O) groups excluding carboxylic acids is 3. The van der Waals surface area contributed by atoms with Crippen LogP contribution < -0.4 is 0 Å². The zero-order chi connectivity index (χ0) is 27.2. The van der Waals surface area contributed by atoms with Crippen molar-refractivity contribution in [2.45, 2.75) is 13.5 Å². The van der Waals surface area contributed by atoms with Crippen LogP contribution in [0.4, 0.5) is 17.1 Å². The molecule has 1 N–H and O–H groups in total. The predicted octanol–water partition coefficient (Wildman–Crippen LogP) is -0.109. The standard InChI is InChI=1S/C6H3N3O7.C3H4N2O5.C3H3NO4.CH4/c10-6-4(8(13)14)1-3(7(11)12)2-5(6)9(15)16;6-3(1-4(7)8)2-5(9)10;5-1-3(2-6)4(7)8;/h1-2,10H;1-2H2;1-3H;1H4. The van der Waals surface area contributed by atoms with E-state index in [1.165, 1.54) is 0 Å². The van der Waals surface area contributed by atoms with Gasteiger partial charge in [0.1, 0.15) is 0 Å². The van der Waals surface area contributed by atoms with Crippen LogP contribution in [0.5, 0.6) is 5.75 Å². The summed E-state index contributed by atoms with van der Waals surface area (Å²) < 4.78 is 0. The summed E-state index contributed by atoms with van der Waals surface area (Å²) in [6.07, 6.45) is -0.0417. The van der Waals surface area contributed by atoms with Crippen molar-refractivity contribution < 1.29 is 49.0 Å². The Morgan fingerprint density at radius 1 is 0.771 bits per heavy atom. The Bertz CT molecular complexity index is 962. The molecule has 0 aromatic heterocycles. The van der Waals surface area contributed by atoms with Gasteiger partial charge in [0.25, 0.3) is 30.3 Å². The molecule has 0 bridgehead atoms. The number of benzene rings is 1. The number of hydrogen-bond acceptors (Lipinski definition) is 16. The number of non-ortho nitro benzene ring substituents is 1. The highest BCUT2D eigenvalue weighted by Gasteiger charge is 2.30. The molecule has 0 amide bonds. The van der Waals surface area contributed by atoms with E-state index in [9.17, 15) is 75.1 Å². The molecule has 0 heterocycles. The molecule has 0 aliphatic heterocycles. The quantitative estimate of drug-likeness (QED) is 0.185. The highest BCUT2D eigenvalue weighted by molar-refractivity contribution is 5.80. The minimum Gasteiger partial charge on any atom is -0.497 e. The van der Waals surface area contributed by atoms with E-state index >= 15 is 0 Å². The first kappa shape index (κ1) is 34.1. The lowest BCUT2D eigenvalue weighted by Gasteiger charge is -1.97. The number of carbonyl (C=O) groups is 3. The first-order chi connectivity index (χ1) is 15.6. The Balaban J connectivity index is -0.000000468. The number of aldehydes is 2. The van der Waals surface area contributed by atoms with E-state index in [1.54, 1.807) is 0 Å². The van der Waals surface area contributed by atoms with E-state index in [1.807, 2.05) is 0 Å². The SMILES string of the molecule is C.O=C(C[N+](=O)[O-])C[N+](=O)[O-].O=CC(C=O)[N+](=O)[O-].O=[N+]([O-])c1cc([N+](=O)[O-])c(O)c([N+](=O)[O-])c1. The Morgan fingerprint density at radius 2 is 1.11 bits per heavy atom. The van der Waals surface area contributed by atoms with Gasteiger partial charge in [0, 0.05) is 14.8 Å². The topological polar surface area (TPSA) is 330 Å². The molecule has 0 spiro atoms. The summed E-state index contributed by atoms with van der Waals surface area (Å²) in [4.78, 5) is 82.8. The van der Waals surface area contributed by atoms with Crippen molar-refractivity contribution in [1.29, 1.82) is 0 Å². The molecule has 0 saturated carbocycles. The molecule has 1 aromatic carbocycles. The normalized spacial score (nSPS) is 8.94. The van der Waals surface area contributed by atoms with Crippen LogP contribution in [0.25, 0.3) is 0 Å². The summed E-state index contributed by atoms with van der Waals surface area (Å²) in [6, 6.07) is -0.792. The largest absolute Gasteiger partial charge is 0.497 e. The summed E-state index contributed by atoms with van der Waals surface area (Å²) in [5.74, 6) is -2.20. The predicted molar refractivity (Wildman–Crippen MR) is 106 cm³/mol. The fourth-order valence-electron chi connectivity index (χ4n) is 1.44. The van der Waals surface area contributed by atoms with E-state index in [0.717, 1.165) is 0 Å².